The SMILES string of the molecule is O=C(O)c1ccc(Oc2cncc(Br)c2)c2ccccc12. The first-order chi connectivity index (χ1) is 10.1. The van der Waals surface area contributed by atoms with Crippen molar-refractivity contribution in [1.29, 1.82) is 0 Å². The van der Waals surface area contributed by atoms with E-state index in [0.29, 0.717) is 16.9 Å². The van der Waals surface area contributed by atoms with Crippen molar-refractivity contribution in [3.05, 3.63) is 64.9 Å². The first kappa shape index (κ1) is 13.6. The third-order valence-corrected chi connectivity index (χ3v) is 3.46. The summed E-state index contributed by atoms with van der Waals surface area (Å²) in [6, 6.07) is 12.3. The van der Waals surface area contributed by atoms with Crippen molar-refractivity contribution in [1.82, 2.24) is 4.98 Å². The van der Waals surface area contributed by atoms with E-state index in [2.05, 4.69) is 20.9 Å². The fourth-order valence-electron chi connectivity index (χ4n) is 2.12. The van der Waals surface area contributed by atoms with Gasteiger partial charge in [0.1, 0.15) is 11.5 Å². The van der Waals surface area contributed by atoms with Crippen LogP contribution in [0.2, 0.25) is 0 Å². The van der Waals surface area contributed by atoms with Gasteiger partial charge in [-0.3, -0.25) is 4.98 Å². The number of carbonyl (C=O) groups is 1. The Hall–Kier alpha value is -2.40. The molecule has 0 saturated carbocycles. The summed E-state index contributed by atoms with van der Waals surface area (Å²) >= 11 is 3.34. The molecule has 0 saturated heterocycles. The summed E-state index contributed by atoms with van der Waals surface area (Å²) in [5.41, 5.74) is 0.255. The molecule has 0 fully saturated rings. The van der Waals surface area contributed by atoms with Gasteiger partial charge in [0.15, 0.2) is 0 Å². The topological polar surface area (TPSA) is 59.4 Å². The van der Waals surface area contributed by atoms with Gasteiger partial charge in [-0.05, 0) is 39.5 Å². The van der Waals surface area contributed by atoms with Crippen LogP contribution in [0.25, 0.3) is 10.8 Å². The number of rotatable bonds is 3. The number of hydrogen-bond donors (Lipinski definition) is 1. The van der Waals surface area contributed by atoms with Gasteiger partial charge in [0.25, 0.3) is 0 Å². The first-order valence-electron chi connectivity index (χ1n) is 6.18. The number of carboxylic acid groups (broad SMARTS) is 1. The fraction of sp³-hybridized carbons (Fsp3) is 0. The predicted molar refractivity (Wildman–Crippen MR) is 82.9 cm³/mol. The summed E-state index contributed by atoms with van der Waals surface area (Å²) in [7, 11) is 0. The van der Waals surface area contributed by atoms with Crippen molar-refractivity contribution in [2.24, 2.45) is 0 Å². The zero-order valence-corrected chi connectivity index (χ0v) is 12.4. The van der Waals surface area contributed by atoms with Crippen LogP contribution in [0.4, 0.5) is 0 Å². The van der Waals surface area contributed by atoms with E-state index in [4.69, 9.17) is 4.74 Å². The number of benzene rings is 2. The maximum Gasteiger partial charge on any atom is 0.336 e. The Morgan fingerprint density at radius 1 is 1.10 bits per heavy atom. The molecular weight excluding hydrogens is 334 g/mol. The number of hydrogen-bond acceptors (Lipinski definition) is 3. The smallest absolute Gasteiger partial charge is 0.336 e. The Morgan fingerprint density at radius 3 is 2.57 bits per heavy atom. The molecule has 0 aliphatic carbocycles. The zero-order chi connectivity index (χ0) is 14.8. The zero-order valence-electron chi connectivity index (χ0n) is 10.8. The molecule has 3 rings (SSSR count). The summed E-state index contributed by atoms with van der Waals surface area (Å²) in [6.07, 6.45) is 3.27. The van der Waals surface area contributed by atoms with Crippen molar-refractivity contribution >= 4 is 32.7 Å². The van der Waals surface area contributed by atoms with Gasteiger partial charge in [-0.25, -0.2) is 4.79 Å². The summed E-state index contributed by atoms with van der Waals surface area (Å²) in [6.45, 7) is 0. The van der Waals surface area contributed by atoms with E-state index < -0.39 is 5.97 Å². The minimum atomic E-state index is -0.957. The Bertz CT molecular complexity index is 833. The summed E-state index contributed by atoms with van der Waals surface area (Å²) in [5.74, 6) is 0.218. The van der Waals surface area contributed by atoms with Crippen LogP contribution in [-0.4, -0.2) is 16.1 Å². The first-order valence-corrected chi connectivity index (χ1v) is 6.98. The molecule has 3 aromatic rings. The number of fused-ring (bicyclic) bond motifs is 1. The van der Waals surface area contributed by atoms with Crippen LogP contribution in [0.15, 0.2) is 59.3 Å². The number of aromatic nitrogens is 1. The Balaban J connectivity index is 2.12. The molecule has 0 spiro atoms. The molecule has 0 aliphatic heterocycles. The summed E-state index contributed by atoms with van der Waals surface area (Å²) in [5, 5.41) is 10.6. The van der Waals surface area contributed by atoms with Crippen molar-refractivity contribution in [2.45, 2.75) is 0 Å². The lowest BCUT2D eigenvalue weighted by atomic mass is 10.0. The lowest BCUT2D eigenvalue weighted by molar-refractivity contribution is 0.0699. The maximum absolute atomic E-state index is 11.3. The molecule has 21 heavy (non-hydrogen) atoms. The van der Waals surface area contributed by atoms with Crippen LogP contribution in [0.1, 0.15) is 10.4 Å². The van der Waals surface area contributed by atoms with Crippen LogP contribution >= 0.6 is 15.9 Å². The third kappa shape index (κ3) is 2.73. The highest BCUT2D eigenvalue weighted by molar-refractivity contribution is 9.10. The van der Waals surface area contributed by atoms with Crippen LogP contribution in [0, 0.1) is 0 Å². The fourth-order valence-corrected chi connectivity index (χ4v) is 2.47. The van der Waals surface area contributed by atoms with E-state index in [1.165, 1.54) is 0 Å². The standard InChI is InChI=1S/C16H10BrNO3/c17-10-7-11(9-18-8-10)21-15-6-5-14(16(19)20)12-3-1-2-4-13(12)15/h1-9H,(H,19,20). The summed E-state index contributed by atoms with van der Waals surface area (Å²) < 4.78 is 6.63. The van der Waals surface area contributed by atoms with Crippen molar-refractivity contribution in [3.8, 4) is 11.5 Å². The van der Waals surface area contributed by atoms with E-state index in [1.54, 1.807) is 42.7 Å². The normalized spacial score (nSPS) is 10.5. The predicted octanol–water partition coefficient (Wildman–Crippen LogP) is 4.49. The van der Waals surface area contributed by atoms with Gasteiger partial charge in [0.2, 0.25) is 0 Å². The van der Waals surface area contributed by atoms with Crippen molar-refractivity contribution in [3.63, 3.8) is 0 Å². The highest BCUT2D eigenvalue weighted by atomic mass is 79.9. The molecule has 0 atom stereocenters. The highest BCUT2D eigenvalue weighted by Crippen LogP contribution is 2.32. The summed E-state index contributed by atoms with van der Waals surface area (Å²) in [4.78, 5) is 15.3. The molecule has 0 unspecified atom stereocenters. The molecule has 5 heteroatoms. The van der Waals surface area contributed by atoms with Crippen molar-refractivity contribution in [2.75, 3.05) is 0 Å². The Labute approximate surface area is 129 Å². The quantitative estimate of drug-likeness (QED) is 0.761. The average molecular weight is 344 g/mol. The molecule has 104 valence electrons. The number of aromatic carboxylic acids is 1. The van der Waals surface area contributed by atoms with Gasteiger partial charge in [-0.15, -0.1) is 0 Å². The minimum Gasteiger partial charge on any atom is -0.478 e. The van der Waals surface area contributed by atoms with E-state index >= 15 is 0 Å². The number of carboxylic acids is 1. The van der Waals surface area contributed by atoms with Crippen LogP contribution < -0.4 is 4.74 Å². The van der Waals surface area contributed by atoms with E-state index in [1.807, 2.05) is 12.1 Å². The van der Waals surface area contributed by atoms with Gasteiger partial charge in [0, 0.05) is 16.1 Å². The number of nitrogens with zero attached hydrogens (tertiary/aromatic N) is 1. The molecular formula is C16H10BrNO3. The molecule has 1 aromatic heterocycles. The average Bonchev–Trinajstić information content (AvgIpc) is 2.47. The van der Waals surface area contributed by atoms with Crippen LogP contribution in [-0.2, 0) is 0 Å². The lowest BCUT2D eigenvalue weighted by Gasteiger charge is -2.10. The number of halogens is 1. The number of pyridine rings is 1. The molecule has 0 aliphatic rings. The van der Waals surface area contributed by atoms with Gasteiger partial charge in [-0.1, -0.05) is 24.3 Å². The highest BCUT2D eigenvalue weighted by Gasteiger charge is 2.12. The van der Waals surface area contributed by atoms with Gasteiger partial charge in [0.05, 0.1) is 11.8 Å². The number of ether oxygens (including phenoxy) is 1. The molecule has 1 N–H and O–H groups in total. The minimum absolute atomic E-state index is 0.255. The lowest BCUT2D eigenvalue weighted by Crippen LogP contribution is -1.98. The van der Waals surface area contributed by atoms with Gasteiger partial charge < -0.3 is 9.84 Å². The third-order valence-electron chi connectivity index (χ3n) is 3.02. The van der Waals surface area contributed by atoms with E-state index in [0.717, 1.165) is 9.86 Å². The van der Waals surface area contributed by atoms with Crippen LogP contribution in [0.5, 0.6) is 11.5 Å². The Morgan fingerprint density at radius 2 is 1.86 bits per heavy atom. The maximum atomic E-state index is 11.3. The van der Waals surface area contributed by atoms with Crippen LogP contribution in [0.3, 0.4) is 0 Å². The second-order valence-electron chi connectivity index (χ2n) is 4.40. The molecule has 0 amide bonds. The van der Waals surface area contributed by atoms with E-state index in [9.17, 15) is 9.90 Å². The molecule has 1 heterocycles. The van der Waals surface area contributed by atoms with Crippen molar-refractivity contribution < 1.29 is 14.6 Å². The molecule has 0 radical (unpaired) electrons. The molecule has 0 bridgehead atoms. The second-order valence-corrected chi connectivity index (χ2v) is 5.32. The second kappa shape index (κ2) is 5.54. The molecule has 2 aromatic carbocycles. The van der Waals surface area contributed by atoms with Gasteiger partial charge in [-0.2, -0.15) is 0 Å². The van der Waals surface area contributed by atoms with E-state index in [-0.39, 0.29) is 5.56 Å². The monoisotopic (exact) mass is 343 g/mol. The van der Waals surface area contributed by atoms with Gasteiger partial charge >= 0.3 is 5.97 Å². The molecule has 4 nitrogen and oxygen atoms in total. The largest absolute Gasteiger partial charge is 0.478 e. The Kier molecular flexibility index (Phi) is 3.58.